The molecule has 1 aliphatic rings. The van der Waals surface area contributed by atoms with E-state index in [4.69, 9.17) is 4.98 Å². The lowest BCUT2D eigenvalue weighted by molar-refractivity contribution is -0.134. The lowest BCUT2D eigenvalue weighted by Gasteiger charge is -2.35. The third kappa shape index (κ3) is 3.79. The predicted octanol–water partition coefficient (Wildman–Crippen LogP) is 2.57. The highest BCUT2D eigenvalue weighted by atomic mass is 32.1. The first kappa shape index (κ1) is 17.9. The molecule has 140 valence electrons. The van der Waals surface area contributed by atoms with E-state index in [1.54, 1.807) is 17.5 Å². The fourth-order valence-electron chi connectivity index (χ4n) is 3.49. The van der Waals surface area contributed by atoms with Gasteiger partial charge in [0.2, 0.25) is 5.91 Å². The molecule has 1 atom stereocenters. The first-order valence-electron chi connectivity index (χ1n) is 9.10. The van der Waals surface area contributed by atoms with E-state index in [0.717, 1.165) is 35.2 Å². The summed E-state index contributed by atoms with van der Waals surface area (Å²) in [6.45, 7) is 4.29. The molecule has 6 nitrogen and oxygen atoms in total. The summed E-state index contributed by atoms with van der Waals surface area (Å²) in [7, 11) is 1.97. The molecule has 0 saturated carbocycles. The molecule has 1 amide bonds. The molecule has 0 aliphatic carbocycles. The van der Waals surface area contributed by atoms with Gasteiger partial charge >= 0.3 is 0 Å². The number of carbonyl (C=O) groups excluding carboxylic acids is 1. The van der Waals surface area contributed by atoms with Crippen LogP contribution in [-0.4, -0.2) is 45.0 Å². The minimum Gasteiger partial charge on any atom is -0.336 e. The van der Waals surface area contributed by atoms with Crippen LogP contribution in [0.15, 0.2) is 42.0 Å². The first-order chi connectivity index (χ1) is 13.1. The molecule has 0 spiro atoms. The minimum absolute atomic E-state index is 0.0406. The van der Waals surface area contributed by atoms with Crippen LogP contribution in [0.2, 0.25) is 0 Å². The second-order valence-electron chi connectivity index (χ2n) is 6.89. The van der Waals surface area contributed by atoms with Crippen LogP contribution in [0.5, 0.6) is 0 Å². The van der Waals surface area contributed by atoms with Crippen molar-refractivity contribution in [2.24, 2.45) is 7.05 Å². The lowest BCUT2D eigenvalue weighted by atomic mass is 10.1. The number of piperazine rings is 1. The zero-order valence-electron chi connectivity index (χ0n) is 15.6. The number of amides is 1. The van der Waals surface area contributed by atoms with E-state index in [1.807, 2.05) is 34.2 Å². The van der Waals surface area contributed by atoms with Crippen molar-refractivity contribution in [2.75, 3.05) is 19.6 Å². The molecule has 1 fully saturated rings. The van der Waals surface area contributed by atoms with Crippen LogP contribution in [0.4, 0.5) is 0 Å². The van der Waals surface area contributed by atoms with Crippen molar-refractivity contribution >= 4 is 17.2 Å². The van der Waals surface area contributed by atoms with Crippen LogP contribution >= 0.6 is 11.3 Å². The number of aryl methyl sites for hydroxylation is 2. The van der Waals surface area contributed by atoms with Gasteiger partial charge in [0.15, 0.2) is 0 Å². The number of thiazole rings is 1. The average molecular weight is 382 g/mol. The number of aromatic nitrogens is 3. The number of imidazole rings is 1. The van der Waals surface area contributed by atoms with Crippen LogP contribution in [0.3, 0.4) is 0 Å². The van der Waals surface area contributed by atoms with Crippen molar-refractivity contribution in [2.45, 2.75) is 19.4 Å². The highest BCUT2D eigenvalue weighted by molar-refractivity contribution is 7.13. The van der Waals surface area contributed by atoms with E-state index >= 15 is 0 Å². The molecule has 27 heavy (non-hydrogen) atoms. The Hall–Kier alpha value is -2.51. The first-order valence-corrected chi connectivity index (χ1v) is 9.98. The minimum atomic E-state index is -0.0406. The summed E-state index contributed by atoms with van der Waals surface area (Å²) < 4.78 is 1.98. The molecule has 1 N–H and O–H groups in total. The van der Waals surface area contributed by atoms with Gasteiger partial charge in [-0.3, -0.25) is 4.79 Å². The summed E-state index contributed by atoms with van der Waals surface area (Å²) in [5, 5.41) is 6.32. The summed E-state index contributed by atoms with van der Waals surface area (Å²) in [6, 6.07) is 8.25. The maximum Gasteiger partial charge on any atom is 0.229 e. The molecule has 3 heterocycles. The average Bonchev–Trinajstić information content (AvgIpc) is 3.31. The molecule has 0 bridgehead atoms. The molecular weight excluding hydrogens is 358 g/mol. The van der Waals surface area contributed by atoms with Gasteiger partial charge in [-0.25, -0.2) is 9.97 Å². The Kier molecular flexibility index (Phi) is 5.05. The van der Waals surface area contributed by atoms with E-state index in [-0.39, 0.29) is 11.9 Å². The van der Waals surface area contributed by atoms with Gasteiger partial charge in [0.25, 0.3) is 0 Å². The van der Waals surface area contributed by atoms with Crippen molar-refractivity contribution in [3.8, 4) is 10.6 Å². The molecular formula is C20H23N5OS. The van der Waals surface area contributed by atoms with E-state index in [2.05, 4.69) is 35.4 Å². The lowest BCUT2D eigenvalue weighted by Crippen LogP contribution is -2.49. The van der Waals surface area contributed by atoms with Gasteiger partial charge in [0, 0.05) is 50.0 Å². The Morgan fingerprint density at radius 1 is 1.41 bits per heavy atom. The standard InChI is InChI=1S/C20H23N5OS/c1-14-4-3-5-15(10-14)20-23-16(13-27-20)11-18(26)25-9-6-21-12-17(25)19-22-7-8-24(19)2/h3-5,7-8,10,13,17,21H,6,9,11-12H2,1-2H3. The third-order valence-electron chi connectivity index (χ3n) is 4.87. The van der Waals surface area contributed by atoms with Crippen molar-refractivity contribution in [3.05, 3.63) is 59.1 Å². The van der Waals surface area contributed by atoms with Crippen LogP contribution in [0.25, 0.3) is 10.6 Å². The molecule has 1 aromatic carbocycles. The SMILES string of the molecule is Cc1cccc(-c2nc(CC(=O)N3CCNCC3c3nccn3C)cs2)c1. The number of hydrogen-bond donors (Lipinski definition) is 1. The van der Waals surface area contributed by atoms with Gasteiger partial charge in [0.1, 0.15) is 16.9 Å². The van der Waals surface area contributed by atoms with E-state index in [1.165, 1.54) is 5.56 Å². The second-order valence-corrected chi connectivity index (χ2v) is 7.75. The Labute approximate surface area is 162 Å². The van der Waals surface area contributed by atoms with E-state index in [9.17, 15) is 4.79 Å². The quantitative estimate of drug-likeness (QED) is 0.754. The number of benzene rings is 1. The summed E-state index contributed by atoms with van der Waals surface area (Å²) in [5.74, 6) is 1.01. The highest BCUT2D eigenvalue weighted by Gasteiger charge is 2.30. The van der Waals surface area contributed by atoms with E-state index in [0.29, 0.717) is 13.0 Å². The van der Waals surface area contributed by atoms with Crippen LogP contribution < -0.4 is 5.32 Å². The smallest absolute Gasteiger partial charge is 0.229 e. The largest absolute Gasteiger partial charge is 0.336 e. The summed E-state index contributed by atoms with van der Waals surface area (Å²) in [4.78, 5) is 24.1. The fraction of sp³-hybridized carbons (Fsp3) is 0.350. The summed E-state index contributed by atoms with van der Waals surface area (Å²) in [5.41, 5.74) is 3.14. The summed E-state index contributed by atoms with van der Waals surface area (Å²) in [6.07, 6.45) is 4.02. The predicted molar refractivity (Wildman–Crippen MR) is 107 cm³/mol. The van der Waals surface area contributed by atoms with Crippen LogP contribution in [0.1, 0.15) is 23.1 Å². The number of nitrogens with one attached hydrogen (secondary N) is 1. The molecule has 0 radical (unpaired) electrons. The summed E-state index contributed by atoms with van der Waals surface area (Å²) >= 11 is 1.59. The maximum absolute atomic E-state index is 13.0. The van der Waals surface area contributed by atoms with Crippen molar-refractivity contribution < 1.29 is 4.79 Å². The Morgan fingerprint density at radius 2 is 2.30 bits per heavy atom. The maximum atomic E-state index is 13.0. The molecule has 1 saturated heterocycles. The number of nitrogens with zero attached hydrogens (tertiary/aromatic N) is 4. The van der Waals surface area contributed by atoms with Gasteiger partial charge in [-0.05, 0) is 13.0 Å². The van der Waals surface area contributed by atoms with Crippen molar-refractivity contribution in [1.29, 1.82) is 0 Å². The molecule has 2 aromatic heterocycles. The number of carbonyl (C=O) groups is 1. The second kappa shape index (κ2) is 7.62. The van der Waals surface area contributed by atoms with Gasteiger partial charge < -0.3 is 14.8 Å². The highest BCUT2D eigenvalue weighted by Crippen LogP contribution is 2.26. The number of hydrogen-bond acceptors (Lipinski definition) is 5. The number of rotatable bonds is 4. The van der Waals surface area contributed by atoms with Crippen molar-refractivity contribution in [1.82, 2.24) is 24.8 Å². The molecule has 3 aromatic rings. The molecule has 7 heteroatoms. The Balaban J connectivity index is 1.50. The third-order valence-corrected chi connectivity index (χ3v) is 5.81. The zero-order valence-corrected chi connectivity index (χ0v) is 16.4. The monoisotopic (exact) mass is 381 g/mol. The Bertz CT molecular complexity index is 947. The topological polar surface area (TPSA) is 63.1 Å². The molecule has 1 aliphatic heterocycles. The van der Waals surface area contributed by atoms with Crippen LogP contribution in [-0.2, 0) is 18.3 Å². The molecule has 4 rings (SSSR count). The fourth-order valence-corrected chi connectivity index (χ4v) is 4.30. The van der Waals surface area contributed by atoms with Gasteiger partial charge in [0.05, 0.1) is 12.1 Å². The zero-order chi connectivity index (χ0) is 18.8. The van der Waals surface area contributed by atoms with Crippen molar-refractivity contribution in [3.63, 3.8) is 0 Å². The normalized spacial score (nSPS) is 17.3. The Morgan fingerprint density at radius 3 is 3.07 bits per heavy atom. The van der Waals surface area contributed by atoms with Gasteiger partial charge in [-0.2, -0.15) is 0 Å². The van der Waals surface area contributed by atoms with E-state index < -0.39 is 0 Å². The van der Waals surface area contributed by atoms with Gasteiger partial charge in [-0.15, -0.1) is 11.3 Å². The molecule has 1 unspecified atom stereocenters. The van der Waals surface area contributed by atoms with Crippen LogP contribution in [0, 0.1) is 6.92 Å². The van der Waals surface area contributed by atoms with Gasteiger partial charge in [-0.1, -0.05) is 23.8 Å².